The fourth-order valence-electron chi connectivity index (χ4n) is 2.86. The molecule has 1 aliphatic carbocycles. The first kappa shape index (κ1) is 12.2. The molecule has 5 nitrogen and oxygen atoms in total. The Morgan fingerprint density at radius 3 is 2.79 bits per heavy atom. The molecule has 3 N–H and O–H groups in total. The maximum Gasteiger partial charge on any atom is 0.140 e. The lowest BCUT2D eigenvalue weighted by atomic mass is 9.71. The highest BCUT2D eigenvalue weighted by Crippen LogP contribution is 2.42. The van der Waals surface area contributed by atoms with Crippen LogP contribution in [0.15, 0.2) is 30.6 Å². The zero-order chi connectivity index (χ0) is 13.4. The third kappa shape index (κ3) is 2.21. The molecule has 1 aromatic carbocycles. The van der Waals surface area contributed by atoms with Crippen LogP contribution in [0.2, 0.25) is 0 Å². The Bertz CT molecular complexity index is 574. The van der Waals surface area contributed by atoms with E-state index < -0.39 is 0 Å². The van der Waals surface area contributed by atoms with Gasteiger partial charge in [-0.15, -0.1) is 10.2 Å². The molecule has 0 saturated heterocycles. The van der Waals surface area contributed by atoms with Gasteiger partial charge in [-0.1, -0.05) is 12.1 Å². The molecular formula is C14H18N4O. The van der Waals surface area contributed by atoms with E-state index in [9.17, 15) is 5.11 Å². The van der Waals surface area contributed by atoms with Crippen LogP contribution in [0.4, 0.5) is 5.69 Å². The Morgan fingerprint density at radius 2 is 2.21 bits per heavy atom. The maximum atomic E-state index is 9.57. The van der Waals surface area contributed by atoms with Gasteiger partial charge < -0.3 is 15.4 Å². The van der Waals surface area contributed by atoms with Crippen LogP contribution in [0.5, 0.6) is 0 Å². The largest absolute Gasteiger partial charge is 0.399 e. The molecule has 0 amide bonds. The number of aromatic nitrogens is 3. The second kappa shape index (κ2) is 4.66. The van der Waals surface area contributed by atoms with Crippen LogP contribution in [0.25, 0.3) is 0 Å². The van der Waals surface area contributed by atoms with Crippen LogP contribution in [0.1, 0.15) is 30.1 Å². The molecule has 5 heteroatoms. The van der Waals surface area contributed by atoms with Crippen molar-refractivity contribution >= 4 is 5.69 Å². The van der Waals surface area contributed by atoms with Crippen LogP contribution in [0.3, 0.4) is 0 Å². The summed E-state index contributed by atoms with van der Waals surface area (Å²) in [5.74, 6) is 1.49. The van der Waals surface area contributed by atoms with Gasteiger partial charge >= 0.3 is 0 Å². The summed E-state index contributed by atoms with van der Waals surface area (Å²) >= 11 is 0. The normalized spacial score (nSPS) is 23.9. The number of nitrogen functional groups attached to an aromatic ring is 1. The van der Waals surface area contributed by atoms with Crippen LogP contribution in [-0.4, -0.2) is 26.0 Å². The van der Waals surface area contributed by atoms with Gasteiger partial charge in [0.2, 0.25) is 0 Å². The molecule has 0 radical (unpaired) electrons. The highest BCUT2D eigenvalue weighted by atomic mass is 16.3. The highest BCUT2D eigenvalue weighted by molar-refractivity contribution is 5.43. The monoisotopic (exact) mass is 258 g/mol. The molecule has 0 bridgehead atoms. The van der Waals surface area contributed by atoms with Crippen molar-refractivity contribution in [3.8, 4) is 0 Å². The minimum Gasteiger partial charge on any atom is -0.399 e. The molecule has 1 atom stereocenters. The van der Waals surface area contributed by atoms with Crippen molar-refractivity contribution in [3.05, 3.63) is 42.0 Å². The van der Waals surface area contributed by atoms with Gasteiger partial charge in [-0.25, -0.2) is 0 Å². The van der Waals surface area contributed by atoms with E-state index in [1.54, 1.807) is 6.33 Å². The van der Waals surface area contributed by atoms with Gasteiger partial charge in [-0.3, -0.25) is 0 Å². The Labute approximate surface area is 112 Å². The molecule has 2 aromatic rings. The van der Waals surface area contributed by atoms with E-state index in [2.05, 4.69) is 16.3 Å². The van der Waals surface area contributed by atoms with Gasteiger partial charge in [0.1, 0.15) is 12.2 Å². The standard InChI is InChI=1S/C14H18N4O/c1-18-8-16-17-14(18)13(10-6-12(19)7-10)9-3-2-4-11(15)5-9/h2-5,8,10,12-13,19H,6-7,15H2,1H3. The molecule has 19 heavy (non-hydrogen) atoms. The Hall–Kier alpha value is -1.88. The Kier molecular flexibility index (Phi) is 2.98. The third-order valence-electron chi connectivity index (χ3n) is 3.92. The summed E-state index contributed by atoms with van der Waals surface area (Å²) in [5.41, 5.74) is 7.78. The van der Waals surface area contributed by atoms with Crippen LogP contribution < -0.4 is 5.73 Å². The summed E-state index contributed by atoms with van der Waals surface area (Å²) in [7, 11) is 1.95. The molecule has 1 aliphatic rings. The molecule has 1 unspecified atom stereocenters. The number of nitrogens with two attached hydrogens (primary N) is 1. The number of aliphatic hydroxyl groups is 1. The zero-order valence-electron chi connectivity index (χ0n) is 10.9. The van der Waals surface area contributed by atoms with E-state index >= 15 is 0 Å². The minimum atomic E-state index is -0.179. The molecule has 3 rings (SSSR count). The smallest absolute Gasteiger partial charge is 0.140 e. The van der Waals surface area contributed by atoms with Crippen molar-refractivity contribution < 1.29 is 5.11 Å². The number of hydrogen-bond acceptors (Lipinski definition) is 4. The Balaban J connectivity index is 1.99. The average Bonchev–Trinajstić information content (AvgIpc) is 2.74. The van der Waals surface area contributed by atoms with Crippen molar-refractivity contribution in [2.75, 3.05) is 5.73 Å². The SMILES string of the molecule is Cn1cnnc1C(c1cccc(N)c1)C1CC(O)C1. The van der Waals surface area contributed by atoms with Gasteiger partial charge in [0.05, 0.1) is 6.10 Å². The predicted octanol–water partition coefficient (Wildman–Crippen LogP) is 1.30. The number of aliphatic hydroxyl groups excluding tert-OH is 1. The predicted molar refractivity (Wildman–Crippen MR) is 72.4 cm³/mol. The van der Waals surface area contributed by atoms with Gasteiger partial charge in [0.25, 0.3) is 0 Å². The maximum absolute atomic E-state index is 9.57. The summed E-state index contributed by atoms with van der Waals surface area (Å²) in [6.07, 6.45) is 3.16. The molecule has 1 aromatic heterocycles. The molecule has 1 saturated carbocycles. The summed E-state index contributed by atoms with van der Waals surface area (Å²) < 4.78 is 1.94. The van der Waals surface area contributed by atoms with E-state index in [0.29, 0.717) is 5.92 Å². The number of hydrogen-bond donors (Lipinski definition) is 2. The Morgan fingerprint density at radius 1 is 1.42 bits per heavy atom. The molecule has 1 heterocycles. The van der Waals surface area contributed by atoms with Crippen LogP contribution >= 0.6 is 0 Å². The molecule has 100 valence electrons. The van der Waals surface area contributed by atoms with E-state index in [-0.39, 0.29) is 12.0 Å². The van der Waals surface area contributed by atoms with E-state index in [1.807, 2.05) is 29.8 Å². The lowest BCUT2D eigenvalue weighted by Gasteiger charge is -2.37. The molecule has 0 spiro atoms. The number of benzene rings is 1. The van der Waals surface area contributed by atoms with Gasteiger partial charge in [0.15, 0.2) is 0 Å². The quantitative estimate of drug-likeness (QED) is 0.814. The first-order valence-corrected chi connectivity index (χ1v) is 6.52. The lowest BCUT2D eigenvalue weighted by Crippen LogP contribution is -2.34. The molecule has 0 aliphatic heterocycles. The number of nitrogens with zero attached hydrogens (tertiary/aromatic N) is 3. The summed E-state index contributed by atoms with van der Waals surface area (Å²) in [6.45, 7) is 0. The van der Waals surface area contributed by atoms with E-state index in [0.717, 1.165) is 29.9 Å². The van der Waals surface area contributed by atoms with E-state index in [4.69, 9.17) is 5.73 Å². The summed E-state index contributed by atoms with van der Waals surface area (Å²) in [5, 5.41) is 17.8. The lowest BCUT2D eigenvalue weighted by molar-refractivity contribution is 0.0341. The molecule has 1 fully saturated rings. The van der Waals surface area contributed by atoms with Crippen molar-refractivity contribution in [3.63, 3.8) is 0 Å². The van der Waals surface area contributed by atoms with Crippen molar-refractivity contribution in [1.29, 1.82) is 0 Å². The van der Waals surface area contributed by atoms with Gasteiger partial charge in [-0.05, 0) is 36.5 Å². The molecular weight excluding hydrogens is 240 g/mol. The van der Waals surface area contributed by atoms with Gasteiger partial charge in [0, 0.05) is 18.7 Å². The van der Waals surface area contributed by atoms with Crippen LogP contribution in [-0.2, 0) is 7.05 Å². The second-order valence-corrected chi connectivity index (χ2v) is 5.33. The number of rotatable bonds is 3. The highest BCUT2D eigenvalue weighted by Gasteiger charge is 2.37. The van der Waals surface area contributed by atoms with E-state index in [1.165, 1.54) is 0 Å². The first-order valence-electron chi connectivity index (χ1n) is 6.52. The fourth-order valence-corrected chi connectivity index (χ4v) is 2.86. The van der Waals surface area contributed by atoms with Crippen LogP contribution in [0, 0.1) is 5.92 Å². The summed E-state index contributed by atoms with van der Waals surface area (Å²) in [4.78, 5) is 0. The first-order chi connectivity index (χ1) is 9.15. The zero-order valence-corrected chi connectivity index (χ0v) is 10.9. The van der Waals surface area contributed by atoms with Gasteiger partial charge in [-0.2, -0.15) is 0 Å². The topological polar surface area (TPSA) is 77.0 Å². The third-order valence-corrected chi connectivity index (χ3v) is 3.92. The van der Waals surface area contributed by atoms with Crippen molar-refractivity contribution in [2.45, 2.75) is 24.9 Å². The van der Waals surface area contributed by atoms with Crippen molar-refractivity contribution in [2.24, 2.45) is 13.0 Å². The minimum absolute atomic E-state index is 0.152. The number of anilines is 1. The number of aryl methyl sites for hydroxylation is 1. The average molecular weight is 258 g/mol. The summed E-state index contributed by atoms with van der Waals surface area (Å²) in [6, 6.07) is 7.90. The fraction of sp³-hybridized carbons (Fsp3) is 0.429. The second-order valence-electron chi connectivity index (χ2n) is 5.33. The van der Waals surface area contributed by atoms with Crippen molar-refractivity contribution in [1.82, 2.24) is 14.8 Å².